The van der Waals surface area contributed by atoms with Crippen molar-refractivity contribution in [2.24, 2.45) is 0 Å². The van der Waals surface area contributed by atoms with Crippen LogP contribution in [-0.4, -0.2) is 33.7 Å². The maximum absolute atomic E-state index is 12.2. The first-order valence-corrected chi connectivity index (χ1v) is 9.18. The molecule has 0 spiro atoms. The van der Waals surface area contributed by atoms with E-state index in [0.29, 0.717) is 6.42 Å². The second kappa shape index (κ2) is 7.42. The molecular weight excluding hydrogens is 344 g/mol. The number of amides is 2. The predicted octanol–water partition coefficient (Wildman–Crippen LogP) is 3.50. The first-order valence-electron chi connectivity index (χ1n) is 9.18. The molecular formula is C20H26N4O3. The number of fused-ring (bicyclic) bond motifs is 1. The average molecular weight is 370 g/mol. The van der Waals surface area contributed by atoms with Crippen LogP contribution < -0.4 is 10.2 Å². The molecule has 0 unspecified atom stereocenters. The zero-order valence-electron chi connectivity index (χ0n) is 16.4. The van der Waals surface area contributed by atoms with Crippen LogP contribution in [0, 0.1) is 6.92 Å². The van der Waals surface area contributed by atoms with Crippen molar-refractivity contribution in [2.75, 3.05) is 4.90 Å². The van der Waals surface area contributed by atoms with E-state index in [4.69, 9.17) is 4.74 Å². The molecule has 2 amide bonds. The number of aryl methyl sites for hydroxylation is 1. The van der Waals surface area contributed by atoms with Crippen molar-refractivity contribution < 1.29 is 14.3 Å². The van der Waals surface area contributed by atoms with Crippen molar-refractivity contribution >= 4 is 17.7 Å². The summed E-state index contributed by atoms with van der Waals surface area (Å²) in [5.74, 6) is -0.0153. The molecule has 0 saturated heterocycles. The van der Waals surface area contributed by atoms with Crippen LogP contribution in [0.3, 0.4) is 0 Å². The van der Waals surface area contributed by atoms with Crippen molar-refractivity contribution in [3.8, 4) is 5.69 Å². The lowest BCUT2D eigenvalue weighted by Gasteiger charge is -2.39. The first-order chi connectivity index (χ1) is 12.8. The largest absolute Gasteiger partial charge is 0.447 e. The number of benzene rings is 1. The highest BCUT2D eigenvalue weighted by atomic mass is 16.6. The maximum Gasteiger partial charge on any atom is 0.407 e. The minimum absolute atomic E-state index is 0.0153. The molecule has 0 fully saturated rings. The molecule has 0 aliphatic carbocycles. The molecule has 7 heteroatoms. The SMILES string of the molecule is CC(=O)N1c2ccc(-n3cncc3C)cc2[C@H](NC(=O)OC(C)C)C[C@@H]1C. The van der Waals surface area contributed by atoms with Gasteiger partial charge in [0, 0.05) is 41.8 Å². The van der Waals surface area contributed by atoms with Crippen LogP contribution in [0.4, 0.5) is 10.5 Å². The van der Waals surface area contributed by atoms with E-state index in [1.165, 1.54) is 0 Å². The summed E-state index contributed by atoms with van der Waals surface area (Å²) >= 11 is 0. The number of carbonyl (C=O) groups is 2. The lowest BCUT2D eigenvalue weighted by molar-refractivity contribution is -0.117. The third kappa shape index (κ3) is 3.82. The number of hydrogen-bond donors (Lipinski definition) is 1. The number of nitrogens with zero attached hydrogens (tertiary/aromatic N) is 3. The van der Waals surface area contributed by atoms with Crippen LogP contribution in [0.2, 0.25) is 0 Å². The molecule has 1 aliphatic rings. The molecule has 1 N–H and O–H groups in total. The van der Waals surface area contributed by atoms with Gasteiger partial charge >= 0.3 is 6.09 Å². The van der Waals surface area contributed by atoms with E-state index in [9.17, 15) is 9.59 Å². The maximum atomic E-state index is 12.2. The number of rotatable bonds is 3. The third-order valence-corrected chi connectivity index (χ3v) is 4.74. The van der Waals surface area contributed by atoms with Gasteiger partial charge in [-0.1, -0.05) is 0 Å². The van der Waals surface area contributed by atoms with Gasteiger partial charge in [-0.25, -0.2) is 9.78 Å². The predicted molar refractivity (Wildman–Crippen MR) is 103 cm³/mol. The number of carbonyl (C=O) groups excluding carboxylic acids is 2. The summed E-state index contributed by atoms with van der Waals surface area (Å²) in [6, 6.07) is 5.64. The smallest absolute Gasteiger partial charge is 0.407 e. The number of aromatic nitrogens is 2. The molecule has 0 saturated carbocycles. The number of alkyl carbamates (subject to hydrolysis) is 1. The second-order valence-electron chi connectivity index (χ2n) is 7.27. The Labute approximate surface area is 159 Å². The van der Waals surface area contributed by atoms with Gasteiger partial charge in [0.2, 0.25) is 5.91 Å². The van der Waals surface area contributed by atoms with Crippen LogP contribution in [0.25, 0.3) is 5.69 Å². The van der Waals surface area contributed by atoms with Gasteiger partial charge in [-0.15, -0.1) is 0 Å². The zero-order chi connectivity index (χ0) is 19.7. The van der Waals surface area contributed by atoms with Crippen LogP contribution in [-0.2, 0) is 9.53 Å². The molecule has 27 heavy (non-hydrogen) atoms. The van der Waals surface area contributed by atoms with E-state index in [0.717, 1.165) is 22.6 Å². The topological polar surface area (TPSA) is 76.5 Å². The fraction of sp³-hybridized carbons (Fsp3) is 0.450. The van der Waals surface area contributed by atoms with E-state index in [2.05, 4.69) is 10.3 Å². The van der Waals surface area contributed by atoms with Gasteiger partial charge < -0.3 is 19.5 Å². The number of nitrogens with one attached hydrogen (secondary N) is 1. The van der Waals surface area contributed by atoms with Gasteiger partial charge in [0.25, 0.3) is 0 Å². The van der Waals surface area contributed by atoms with E-state index in [1.807, 2.05) is 50.5 Å². The Morgan fingerprint density at radius 1 is 1.33 bits per heavy atom. The van der Waals surface area contributed by atoms with Crippen molar-refractivity contribution in [2.45, 2.75) is 59.2 Å². The van der Waals surface area contributed by atoms with E-state index in [-0.39, 0.29) is 24.1 Å². The van der Waals surface area contributed by atoms with Crippen LogP contribution >= 0.6 is 0 Å². The van der Waals surface area contributed by atoms with Crippen molar-refractivity contribution in [3.63, 3.8) is 0 Å². The summed E-state index contributed by atoms with van der Waals surface area (Å²) in [5.41, 5.74) is 3.66. The molecule has 2 heterocycles. The molecule has 7 nitrogen and oxygen atoms in total. The van der Waals surface area contributed by atoms with Gasteiger partial charge in [-0.2, -0.15) is 0 Å². The Hall–Kier alpha value is -2.83. The third-order valence-electron chi connectivity index (χ3n) is 4.74. The summed E-state index contributed by atoms with van der Waals surface area (Å²) in [7, 11) is 0. The Balaban J connectivity index is 2.03. The van der Waals surface area contributed by atoms with Gasteiger partial charge in [0.15, 0.2) is 0 Å². The number of imidazole rings is 1. The minimum Gasteiger partial charge on any atom is -0.447 e. The van der Waals surface area contributed by atoms with Gasteiger partial charge in [0.05, 0.1) is 18.5 Å². The fourth-order valence-electron chi connectivity index (χ4n) is 3.64. The summed E-state index contributed by atoms with van der Waals surface area (Å²) < 4.78 is 7.23. The zero-order valence-corrected chi connectivity index (χ0v) is 16.4. The molecule has 3 rings (SSSR count). The molecule has 0 radical (unpaired) electrons. The molecule has 1 aromatic heterocycles. The lowest BCUT2D eigenvalue weighted by atomic mass is 9.91. The molecule has 144 valence electrons. The Kier molecular flexibility index (Phi) is 5.21. The summed E-state index contributed by atoms with van der Waals surface area (Å²) in [5, 5.41) is 2.96. The summed E-state index contributed by atoms with van der Waals surface area (Å²) in [6.07, 6.45) is 3.51. The Morgan fingerprint density at radius 3 is 2.67 bits per heavy atom. The monoisotopic (exact) mass is 370 g/mol. The van der Waals surface area contributed by atoms with Gasteiger partial charge in [-0.05, 0) is 52.3 Å². The van der Waals surface area contributed by atoms with Crippen molar-refractivity contribution in [1.29, 1.82) is 0 Å². The fourth-order valence-corrected chi connectivity index (χ4v) is 3.64. The van der Waals surface area contributed by atoms with Gasteiger partial charge in [0.1, 0.15) is 0 Å². The second-order valence-corrected chi connectivity index (χ2v) is 7.27. The highest BCUT2D eigenvalue weighted by Crippen LogP contribution is 2.38. The van der Waals surface area contributed by atoms with E-state index < -0.39 is 6.09 Å². The average Bonchev–Trinajstić information content (AvgIpc) is 2.99. The van der Waals surface area contributed by atoms with Crippen molar-refractivity contribution in [3.05, 3.63) is 42.0 Å². The van der Waals surface area contributed by atoms with Crippen LogP contribution in [0.15, 0.2) is 30.7 Å². The first kappa shape index (κ1) is 18.9. The van der Waals surface area contributed by atoms with Crippen LogP contribution in [0.1, 0.15) is 51.4 Å². The standard InChI is InChI=1S/C20H26N4O3/c1-12(2)27-20(26)22-18-8-13(3)24(15(5)25)19-7-6-16(9-17(18)19)23-11-21-10-14(23)4/h6-7,9-13,18H,8H2,1-5H3,(H,22,26)/t13-,18+/m0/s1. The Bertz CT molecular complexity index is 859. The summed E-state index contributed by atoms with van der Waals surface area (Å²) in [4.78, 5) is 30.4. The lowest BCUT2D eigenvalue weighted by Crippen LogP contribution is -2.45. The summed E-state index contributed by atoms with van der Waals surface area (Å²) in [6.45, 7) is 9.16. The van der Waals surface area contributed by atoms with E-state index >= 15 is 0 Å². The van der Waals surface area contributed by atoms with E-state index in [1.54, 1.807) is 24.3 Å². The molecule has 0 bridgehead atoms. The molecule has 2 aromatic rings. The van der Waals surface area contributed by atoms with Crippen LogP contribution in [0.5, 0.6) is 0 Å². The highest BCUT2D eigenvalue weighted by Gasteiger charge is 2.33. The van der Waals surface area contributed by atoms with Gasteiger partial charge in [-0.3, -0.25) is 4.79 Å². The normalized spacial score (nSPS) is 19.0. The molecule has 1 aromatic carbocycles. The van der Waals surface area contributed by atoms with Crippen molar-refractivity contribution in [1.82, 2.24) is 14.9 Å². The quantitative estimate of drug-likeness (QED) is 0.897. The molecule has 1 aliphatic heterocycles. The molecule has 2 atom stereocenters. The number of ether oxygens (including phenoxy) is 1. The number of anilines is 1. The minimum atomic E-state index is -0.450. The number of hydrogen-bond acceptors (Lipinski definition) is 4. The Morgan fingerprint density at radius 2 is 2.07 bits per heavy atom. The highest BCUT2D eigenvalue weighted by molar-refractivity contribution is 5.94.